The predicted molar refractivity (Wildman–Crippen MR) is 46.2 cm³/mol. The SMILES string of the molecule is C=CC[C@@H](O)C(CO)C(C)C. The van der Waals surface area contributed by atoms with Crippen LogP contribution in [0.25, 0.3) is 0 Å². The second kappa shape index (κ2) is 5.33. The molecule has 0 rings (SSSR count). The molecule has 11 heavy (non-hydrogen) atoms. The van der Waals surface area contributed by atoms with Crippen LogP contribution >= 0.6 is 0 Å². The van der Waals surface area contributed by atoms with E-state index in [0.29, 0.717) is 12.3 Å². The Bertz CT molecular complexity index is 110. The van der Waals surface area contributed by atoms with Crippen molar-refractivity contribution in [2.24, 2.45) is 11.8 Å². The van der Waals surface area contributed by atoms with Crippen molar-refractivity contribution in [3.05, 3.63) is 12.7 Å². The molecule has 0 aliphatic rings. The molecule has 0 saturated heterocycles. The van der Waals surface area contributed by atoms with E-state index in [1.54, 1.807) is 6.08 Å². The molecular weight excluding hydrogens is 140 g/mol. The van der Waals surface area contributed by atoms with Crippen molar-refractivity contribution in [3.63, 3.8) is 0 Å². The molecule has 0 heterocycles. The van der Waals surface area contributed by atoms with Gasteiger partial charge in [-0.2, -0.15) is 0 Å². The summed E-state index contributed by atoms with van der Waals surface area (Å²) >= 11 is 0. The van der Waals surface area contributed by atoms with Gasteiger partial charge in [0.15, 0.2) is 0 Å². The Morgan fingerprint density at radius 2 is 2.00 bits per heavy atom. The maximum Gasteiger partial charge on any atom is 0.0627 e. The van der Waals surface area contributed by atoms with E-state index in [1.165, 1.54) is 0 Å². The molecule has 2 heteroatoms. The van der Waals surface area contributed by atoms with Crippen LogP contribution in [0.3, 0.4) is 0 Å². The van der Waals surface area contributed by atoms with Crippen molar-refractivity contribution in [1.82, 2.24) is 0 Å². The molecule has 66 valence electrons. The van der Waals surface area contributed by atoms with Gasteiger partial charge in [-0.25, -0.2) is 0 Å². The summed E-state index contributed by atoms with van der Waals surface area (Å²) in [7, 11) is 0. The lowest BCUT2D eigenvalue weighted by atomic mass is 9.89. The van der Waals surface area contributed by atoms with Crippen molar-refractivity contribution < 1.29 is 10.2 Å². The molecule has 2 atom stereocenters. The van der Waals surface area contributed by atoms with E-state index in [2.05, 4.69) is 6.58 Å². The van der Waals surface area contributed by atoms with E-state index in [1.807, 2.05) is 13.8 Å². The lowest BCUT2D eigenvalue weighted by molar-refractivity contribution is 0.0438. The first-order valence-corrected chi connectivity index (χ1v) is 4.03. The molecule has 1 unspecified atom stereocenters. The van der Waals surface area contributed by atoms with Gasteiger partial charge >= 0.3 is 0 Å². The molecule has 2 N–H and O–H groups in total. The Hall–Kier alpha value is -0.340. The zero-order chi connectivity index (χ0) is 8.85. The minimum absolute atomic E-state index is 0.0204. The summed E-state index contributed by atoms with van der Waals surface area (Å²) < 4.78 is 0. The number of hydrogen-bond acceptors (Lipinski definition) is 2. The minimum Gasteiger partial charge on any atom is -0.396 e. The van der Waals surface area contributed by atoms with Crippen LogP contribution in [0.5, 0.6) is 0 Å². The van der Waals surface area contributed by atoms with Crippen LogP contribution in [0.4, 0.5) is 0 Å². The maximum atomic E-state index is 9.45. The molecule has 0 saturated carbocycles. The van der Waals surface area contributed by atoms with Gasteiger partial charge in [0, 0.05) is 12.5 Å². The molecule has 2 nitrogen and oxygen atoms in total. The van der Waals surface area contributed by atoms with Crippen molar-refractivity contribution in [2.75, 3.05) is 6.61 Å². The van der Waals surface area contributed by atoms with Crippen LogP contribution in [0.15, 0.2) is 12.7 Å². The topological polar surface area (TPSA) is 40.5 Å². The van der Waals surface area contributed by atoms with Gasteiger partial charge in [0.05, 0.1) is 6.10 Å². The van der Waals surface area contributed by atoms with Crippen LogP contribution in [0, 0.1) is 11.8 Å². The third kappa shape index (κ3) is 3.54. The summed E-state index contributed by atoms with van der Waals surface area (Å²) in [5, 5.41) is 18.3. The molecule has 0 fully saturated rings. The molecule has 0 amide bonds. The summed E-state index contributed by atoms with van der Waals surface area (Å²) in [6.45, 7) is 7.57. The average Bonchev–Trinajstić information content (AvgIpc) is 1.88. The molecule has 0 spiro atoms. The van der Waals surface area contributed by atoms with Crippen LogP contribution in [0.2, 0.25) is 0 Å². The Morgan fingerprint density at radius 3 is 2.27 bits per heavy atom. The number of aliphatic hydroxyl groups is 2. The largest absolute Gasteiger partial charge is 0.396 e. The van der Waals surface area contributed by atoms with Gasteiger partial charge in [-0.05, 0) is 12.3 Å². The fourth-order valence-electron chi connectivity index (χ4n) is 1.12. The highest BCUT2D eigenvalue weighted by Gasteiger charge is 2.20. The highest BCUT2D eigenvalue weighted by Crippen LogP contribution is 2.16. The molecule has 0 aromatic carbocycles. The second-order valence-corrected chi connectivity index (χ2v) is 3.18. The lowest BCUT2D eigenvalue weighted by Gasteiger charge is -2.23. The highest BCUT2D eigenvalue weighted by molar-refractivity contribution is 4.78. The van der Waals surface area contributed by atoms with E-state index in [-0.39, 0.29) is 12.5 Å². The fourth-order valence-corrected chi connectivity index (χ4v) is 1.12. The summed E-state index contributed by atoms with van der Waals surface area (Å²) in [5.41, 5.74) is 0. The summed E-state index contributed by atoms with van der Waals surface area (Å²) in [4.78, 5) is 0. The molecule has 0 aromatic rings. The monoisotopic (exact) mass is 158 g/mol. The number of hydrogen-bond donors (Lipinski definition) is 2. The fraction of sp³-hybridized carbons (Fsp3) is 0.778. The van der Waals surface area contributed by atoms with Crippen LogP contribution in [-0.2, 0) is 0 Å². The Kier molecular flexibility index (Phi) is 5.16. The lowest BCUT2D eigenvalue weighted by Crippen LogP contribution is -2.27. The first-order valence-electron chi connectivity index (χ1n) is 4.03. The number of rotatable bonds is 5. The molecule has 0 aromatic heterocycles. The van der Waals surface area contributed by atoms with E-state index in [4.69, 9.17) is 5.11 Å². The zero-order valence-corrected chi connectivity index (χ0v) is 7.33. The van der Waals surface area contributed by atoms with Gasteiger partial charge in [0.2, 0.25) is 0 Å². The summed E-state index contributed by atoms with van der Waals surface area (Å²) in [5.74, 6) is 0.294. The molecule has 0 radical (unpaired) electrons. The van der Waals surface area contributed by atoms with E-state index in [0.717, 1.165) is 0 Å². The highest BCUT2D eigenvalue weighted by atomic mass is 16.3. The third-order valence-corrected chi connectivity index (χ3v) is 1.97. The van der Waals surface area contributed by atoms with Crippen LogP contribution in [-0.4, -0.2) is 22.9 Å². The normalized spacial score (nSPS) is 16.5. The quantitative estimate of drug-likeness (QED) is 0.590. The smallest absolute Gasteiger partial charge is 0.0627 e. The van der Waals surface area contributed by atoms with E-state index < -0.39 is 6.10 Å². The predicted octanol–water partition coefficient (Wildman–Crippen LogP) is 1.19. The van der Waals surface area contributed by atoms with Gasteiger partial charge in [-0.15, -0.1) is 6.58 Å². The summed E-state index contributed by atoms with van der Waals surface area (Å²) in [6.07, 6.45) is 1.79. The van der Waals surface area contributed by atoms with Gasteiger partial charge in [-0.3, -0.25) is 0 Å². The Morgan fingerprint density at radius 1 is 1.45 bits per heavy atom. The van der Waals surface area contributed by atoms with Gasteiger partial charge in [0.25, 0.3) is 0 Å². The van der Waals surface area contributed by atoms with Crippen molar-refractivity contribution in [2.45, 2.75) is 26.4 Å². The maximum absolute atomic E-state index is 9.45. The first kappa shape index (κ1) is 10.7. The van der Waals surface area contributed by atoms with E-state index in [9.17, 15) is 5.11 Å². The minimum atomic E-state index is -0.447. The summed E-state index contributed by atoms with van der Waals surface area (Å²) in [6, 6.07) is 0. The standard InChI is InChI=1S/C9H18O2/c1-4-5-9(11)8(6-10)7(2)3/h4,7-11H,1,5-6H2,2-3H3/t8?,9-/m1/s1. The van der Waals surface area contributed by atoms with Crippen LogP contribution < -0.4 is 0 Å². The first-order chi connectivity index (χ1) is 5.13. The van der Waals surface area contributed by atoms with E-state index >= 15 is 0 Å². The average molecular weight is 158 g/mol. The molecular formula is C9H18O2. The zero-order valence-electron chi connectivity index (χ0n) is 7.33. The van der Waals surface area contributed by atoms with Crippen LogP contribution in [0.1, 0.15) is 20.3 Å². The van der Waals surface area contributed by atoms with Gasteiger partial charge in [0.1, 0.15) is 0 Å². The molecule has 0 bridgehead atoms. The van der Waals surface area contributed by atoms with Gasteiger partial charge in [-0.1, -0.05) is 19.9 Å². The second-order valence-electron chi connectivity index (χ2n) is 3.18. The Balaban J connectivity index is 3.90. The van der Waals surface area contributed by atoms with Crippen molar-refractivity contribution in [1.29, 1.82) is 0 Å². The van der Waals surface area contributed by atoms with Crippen molar-refractivity contribution >= 4 is 0 Å². The molecule has 0 aliphatic heterocycles. The third-order valence-electron chi connectivity index (χ3n) is 1.97. The number of aliphatic hydroxyl groups excluding tert-OH is 2. The van der Waals surface area contributed by atoms with Gasteiger partial charge < -0.3 is 10.2 Å². The van der Waals surface area contributed by atoms with Crippen molar-refractivity contribution in [3.8, 4) is 0 Å². The molecule has 0 aliphatic carbocycles. The Labute approximate surface area is 68.6 Å².